The van der Waals surface area contributed by atoms with Crippen LogP contribution in [0, 0.1) is 22.9 Å². The maximum absolute atomic E-state index is 6.78. The molecular weight excluding hydrogens is 617 g/mol. The second-order valence-electron chi connectivity index (χ2n) is 15.8. The van der Waals surface area contributed by atoms with Gasteiger partial charge in [-0.05, 0) is 57.5 Å². The van der Waals surface area contributed by atoms with E-state index in [0.717, 1.165) is 65.8 Å². The second-order valence-corrected chi connectivity index (χ2v) is 27.0. The van der Waals surface area contributed by atoms with Crippen LogP contribution in [0.3, 0.4) is 0 Å². The zero-order valence-corrected chi connectivity index (χ0v) is 33.1. The Morgan fingerprint density at radius 1 is 0.438 bits per heavy atom. The van der Waals surface area contributed by atoms with Crippen LogP contribution < -0.4 is 0 Å². The third-order valence-electron chi connectivity index (χ3n) is 11.6. The van der Waals surface area contributed by atoms with Gasteiger partial charge in [-0.15, -0.1) is 11.1 Å². The minimum atomic E-state index is -1.99. The molecule has 6 aromatic rings. The molecule has 4 heteroatoms. The molecule has 0 atom stereocenters. The smallest absolute Gasteiger partial charge is 0.146 e. The summed E-state index contributed by atoms with van der Waals surface area (Å²) >= 11 is 0. The monoisotopic (exact) mass is 668 g/mol. The predicted molar refractivity (Wildman–Crippen MR) is 214 cm³/mol. The Hall–Kier alpha value is -3.71. The molecule has 248 valence electrons. The fourth-order valence-electron chi connectivity index (χ4n) is 9.38. The van der Waals surface area contributed by atoms with Crippen LogP contribution in [0.25, 0.3) is 54.6 Å². The van der Waals surface area contributed by atoms with E-state index >= 15 is 0 Å². The first-order chi connectivity index (χ1) is 22.7. The van der Waals surface area contributed by atoms with Crippen LogP contribution >= 0.6 is 0 Å². The van der Waals surface area contributed by atoms with Crippen molar-refractivity contribution >= 4 is 70.8 Å². The van der Waals surface area contributed by atoms with Crippen molar-refractivity contribution in [3.63, 3.8) is 0 Å². The first-order valence-corrected chi connectivity index (χ1v) is 22.5. The zero-order valence-electron chi connectivity index (χ0n) is 31.1. The van der Waals surface area contributed by atoms with Crippen LogP contribution in [0.4, 0.5) is 0 Å². The Bertz CT molecular complexity index is 2080. The minimum Gasteiger partial charge on any atom is -0.455 e. The maximum atomic E-state index is 6.78. The first-order valence-electron chi connectivity index (χ1n) is 18.0. The van der Waals surface area contributed by atoms with Crippen molar-refractivity contribution in [2.24, 2.45) is 0 Å². The Labute approximate surface area is 289 Å². The number of hydrogen-bond donors (Lipinski definition) is 0. The lowest BCUT2D eigenvalue weighted by Gasteiger charge is -2.38. The molecule has 6 rings (SSSR count). The van der Waals surface area contributed by atoms with E-state index < -0.39 is 16.1 Å². The van der Waals surface area contributed by atoms with Gasteiger partial charge in [-0.1, -0.05) is 131 Å². The highest BCUT2D eigenvalue weighted by molar-refractivity contribution is 6.91. The molecule has 0 radical (unpaired) electrons. The zero-order chi connectivity index (χ0) is 34.7. The molecule has 48 heavy (non-hydrogen) atoms. The van der Waals surface area contributed by atoms with E-state index in [4.69, 9.17) is 8.83 Å². The van der Waals surface area contributed by atoms with Gasteiger partial charge in [-0.3, -0.25) is 0 Å². The number of rotatable bonds is 6. The number of furan rings is 2. The second kappa shape index (κ2) is 12.6. The van der Waals surface area contributed by atoms with Crippen molar-refractivity contribution in [2.75, 3.05) is 0 Å². The molecule has 2 aromatic heterocycles. The quantitative estimate of drug-likeness (QED) is 0.130. The van der Waals surface area contributed by atoms with Crippen molar-refractivity contribution < 1.29 is 8.83 Å². The van der Waals surface area contributed by atoms with Crippen LogP contribution in [0.1, 0.15) is 94.2 Å². The van der Waals surface area contributed by atoms with E-state index in [1.807, 2.05) is 0 Å². The molecule has 0 saturated carbocycles. The van der Waals surface area contributed by atoms with Gasteiger partial charge in [0.05, 0.1) is 0 Å². The van der Waals surface area contributed by atoms with Crippen LogP contribution in [0.2, 0.25) is 33.2 Å². The van der Waals surface area contributed by atoms with Crippen LogP contribution in [-0.4, -0.2) is 16.1 Å². The summed E-state index contributed by atoms with van der Waals surface area (Å²) in [5, 5.41) is 6.46. The van der Waals surface area contributed by atoms with Crippen LogP contribution in [0.15, 0.2) is 69.5 Å². The van der Waals surface area contributed by atoms with E-state index in [-0.39, 0.29) is 0 Å². The summed E-state index contributed by atoms with van der Waals surface area (Å²) < 4.78 is 13.6. The van der Waals surface area contributed by atoms with Crippen molar-refractivity contribution in [2.45, 2.75) is 116 Å². The molecule has 0 fully saturated rings. The predicted octanol–water partition coefficient (Wildman–Crippen LogP) is 13.8. The van der Waals surface area contributed by atoms with Gasteiger partial charge in [-0.25, -0.2) is 0 Å². The molecule has 0 bridgehead atoms. The normalized spacial score (nSPS) is 13.0. The van der Waals surface area contributed by atoms with Gasteiger partial charge in [-0.2, -0.15) is 0 Å². The van der Waals surface area contributed by atoms with Crippen LogP contribution in [0.5, 0.6) is 0 Å². The fraction of sp³-hybridized carbons (Fsp3) is 0.409. The lowest BCUT2D eigenvalue weighted by molar-refractivity contribution is 0.669. The van der Waals surface area contributed by atoms with E-state index in [2.05, 4.69) is 167 Å². The van der Waals surface area contributed by atoms with Gasteiger partial charge in [0, 0.05) is 43.4 Å². The lowest BCUT2D eigenvalue weighted by Crippen LogP contribution is -2.43. The summed E-state index contributed by atoms with van der Waals surface area (Å²) in [5.41, 5.74) is 16.8. The third-order valence-corrected chi connectivity index (χ3v) is 24.2. The lowest BCUT2D eigenvalue weighted by atomic mass is 9.96. The van der Waals surface area contributed by atoms with Gasteiger partial charge in [0.15, 0.2) is 0 Å². The molecule has 0 aliphatic rings. The summed E-state index contributed by atoms with van der Waals surface area (Å²) in [7, 11) is -3.98. The fourth-order valence-corrected chi connectivity index (χ4v) is 19.8. The van der Waals surface area contributed by atoms with E-state index in [0.29, 0.717) is 33.2 Å². The van der Waals surface area contributed by atoms with Crippen molar-refractivity contribution in [3.8, 4) is 22.9 Å². The highest BCUT2D eigenvalue weighted by atomic mass is 28.3. The Morgan fingerprint density at radius 2 is 0.750 bits per heavy atom. The highest BCUT2D eigenvalue weighted by Crippen LogP contribution is 2.45. The molecule has 0 aliphatic carbocycles. The van der Waals surface area contributed by atoms with Gasteiger partial charge in [0.1, 0.15) is 38.5 Å². The molecule has 2 nitrogen and oxygen atoms in total. The summed E-state index contributed by atoms with van der Waals surface area (Å²) in [5.74, 6) is 7.65. The number of hydrogen-bond acceptors (Lipinski definition) is 2. The largest absolute Gasteiger partial charge is 0.455 e. The van der Waals surface area contributed by atoms with E-state index in [9.17, 15) is 0 Å². The average molecular weight is 669 g/mol. The van der Waals surface area contributed by atoms with Gasteiger partial charge in [0.25, 0.3) is 0 Å². The first kappa shape index (κ1) is 34.2. The van der Waals surface area contributed by atoms with Crippen molar-refractivity contribution in [1.29, 1.82) is 0 Å². The van der Waals surface area contributed by atoms with E-state index in [1.54, 1.807) is 0 Å². The molecule has 0 amide bonds. The maximum Gasteiger partial charge on any atom is 0.146 e. The van der Waals surface area contributed by atoms with Gasteiger partial charge in [0.2, 0.25) is 0 Å². The molecule has 0 unspecified atom stereocenters. The Balaban J connectivity index is 1.78. The van der Waals surface area contributed by atoms with Crippen molar-refractivity contribution in [3.05, 3.63) is 71.8 Å². The van der Waals surface area contributed by atoms with Crippen LogP contribution in [-0.2, 0) is 0 Å². The molecule has 0 spiro atoms. The summed E-state index contributed by atoms with van der Waals surface area (Å²) in [4.78, 5) is 0. The van der Waals surface area contributed by atoms with Gasteiger partial charge < -0.3 is 8.83 Å². The highest BCUT2D eigenvalue weighted by Gasteiger charge is 2.43. The third kappa shape index (κ3) is 5.15. The average Bonchev–Trinajstić information content (AvgIpc) is 3.61. The van der Waals surface area contributed by atoms with Gasteiger partial charge >= 0.3 is 0 Å². The topological polar surface area (TPSA) is 26.3 Å². The summed E-state index contributed by atoms with van der Waals surface area (Å²) in [6.45, 7) is 28.5. The standard InChI is InChI=1S/C44H52O2Si2/c1-27(2)47(28(3)4,29(5)6)23-21-33-25-37-38(43-41(33)35-17-13-15-19-39(35)45-43)26-34(22-24-48(30(7)8,31(9)10)32(11)12)42-36-18-14-16-20-40(36)46-44(37)42/h13-20,25-32H,1-12H3. The molecule has 4 aromatic carbocycles. The summed E-state index contributed by atoms with van der Waals surface area (Å²) in [6.07, 6.45) is 0. The molecule has 2 heterocycles. The number of fused-ring (bicyclic) bond motifs is 9. The number of benzene rings is 4. The summed E-state index contributed by atoms with van der Waals surface area (Å²) in [6, 6.07) is 21.3. The molecular formula is C44H52O2Si2. The molecule has 0 N–H and O–H groups in total. The molecule has 0 saturated heterocycles. The SMILES string of the molecule is CC(C)[Si](C#Cc1cc2c(cc(C#C[Si](C(C)C)(C(C)C)C(C)C)c3c4ccccc4oc23)c2oc3ccccc3c12)(C(C)C)C(C)C. The number of para-hydroxylation sites is 2. The minimum absolute atomic E-state index is 0.545. The Morgan fingerprint density at radius 3 is 1.06 bits per heavy atom. The Kier molecular flexibility index (Phi) is 8.99. The van der Waals surface area contributed by atoms with E-state index in [1.165, 1.54) is 0 Å². The molecule has 0 aliphatic heterocycles. The van der Waals surface area contributed by atoms with Crippen molar-refractivity contribution in [1.82, 2.24) is 0 Å².